The van der Waals surface area contributed by atoms with Crippen molar-refractivity contribution < 1.29 is 15.0 Å². The number of rotatable bonds is 8. The third kappa shape index (κ3) is 5.75. The first-order valence-electron chi connectivity index (χ1n) is 9.72. The minimum atomic E-state index is -0.466. The second-order valence-corrected chi connectivity index (χ2v) is 6.88. The minimum Gasteiger partial charge on any atom is -0.388 e. The van der Waals surface area contributed by atoms with Gasteiger partial charge in [-0.15, -0.1) is 0 Å². The van der Waals surface area contributed by atoms with Crippen LogP contribution in [0.15, 0.2) is 60.2 Å². The molecular formula is C25H25NO3. The number of carbonyl (C=O) groups is 1. The highest BCUT2D eigenvalue weighted by atomic mass is 16.3. The lowest BCUT2D eigenvalue weighted by atomic mass is 10.0. The zero-order valence-electron chi connectivity index (χ0n) is 16.3. The van der Waals surface area contributed by atoms with Gasteiger partial charge in [0.2, 0.25) is 0 Å². The third-order valence-electron chi connectivity index (χ3n) is 4.87. The molecule has 3 rings (SSSR count). The summed E-state index contributed by atoms with van der Waals surface area (Å²) < 4.78 is 0. The van der Waals surface area contributed by atoms with Crippen molar-refractivity contribution in [3.63, 3.8) is 0 Å². The number of carbonyl (C=O) groups excluding carboxylic acids is 1. The molecule has 0 aliphatic heterocycles. The predicted octanol–water partition coefficient (Wildman–Crippen LogP) is 2.75. The SMILES string of the molecule is O=C(/C=C/c1ccc(CNCCC2=C(C#CCO)Cc3ccccc32)cc1)CO. The molecular weight excluding hydrogens is 362 g/mol. The van der Waals surface area contributed by atoms with E-state index < -0.39 is 6.61 Å². The average molecular weight is 387 g/mol. The Morgan fingerprint density at radius 2 is 1.90 bits per heavy atom. The van der Waals surface area contributed by atoms with Crippen LogP contribution in [-0.4, -0.2) is 35.8 Å². The van der Waals surface area contributed by atoms with Crippen molar-refractivity contribution in [1.29, 1.82) is 0 Å². The Labute approximate surface area is 171 Å². The van der Waals surface area contributed by atoms with Gasteiger partial charge < -0.3 is 15.5 Å². The lowest BCUT2D eigenvalue weighted by Gasteiger charge is -2.08. The van der Waals surface area contributed by atoms with Crippen LogP contribution >= 0.6 is 0 Å². The molecule has 1 aliphatic carbocycles. The van der Waals surface area contributed by atoms with Crippen LogP contribution in [-0.2, 0) is 17.8 Å². The maximum atomic E-state index is 11.1. The molecule has 0 radical (unpaired) electrons. The van der Waals surface area contributed by atoms with Gasteiger partial charge in [-0.05, 0) is 46.9 Å². The summed E-state index contributed by atoms with van der Waals surface area (Å²) in [7, 11) is 0. The van der Waals surface area contributed by atoms with E-state index in [1.807, 2.05) is 24.3 Å². The van der Waals surface area contributed by atoms with Gasteiger partial charge in [0, 0.05) is 18.5 Å². The number of fused-ring (bicyclic) bond motifs is 1. The smallest absolute Gasteiger partial charge is 0.181 e. The Morgan fingerprint density at radius 3 is 2.66 bits per heavy atom. The van der Waals surface area contributed by atoms with Gasteiger partial charge in [0.25, 0.3) is 0 Å². The Bertz CT molecular complexity index is 975. The van der Waals surface area contributed by atoms with Gasteiger partial charge in [-0.3, -0.25) is 4.79 Å². The number of allylic oxidation sites excluding steroid dienone is 1. The van der Waals surface area contributed by atoms with E-state index in [4.69, 9.17) is 10.2 Å². The van der Waals surface area contributed by atoms with Crippen molar-refractivity contribution in [3.8, 4) is 11.8 Å². The molecule has 1 aliphatic rings. The molecule has 148 valence electrons. The summed E-state index contributed by atoms with van der Waals surface area (Å²) in [4.78, 5) is 11.1. The van der Waals surface area contributed by atoms with Gasteiger partial charge in [-0.1, -0.05) is 66.4 Å². The predicted molar refractivity (Wildman–Crippen MR) is 116 cm³/mol. The van der Waals surface area contributed by atoms with Crippen LogP contribution in [0.3, 0.4) is 0 Å². The van der Waals surface area contributed by atoms with Crippen molar-refractivity contribution >= 4 is 17.4 Å². The van der Waals surface area contributed by atoms with Gasteiger partial charge in [0.1, 0.15) is 13.2 Å². The summed E-state index contributed by atoms with van der Waals surface area (Å²) in [6.45, 7) is 1.00. The molecule has 0 spiro atoms. The first-order valence-corrected chi connectivity index (χ1v) is 9.72. The fourth-order valence-electron chi connectivity index (χ4n) is 3.41. The normalized spacial score (nSPS) is 12.8. The fourth-order valence-corrected chi connectivity index (χ4v) is 3.41. The van der Waals surface area contributed by atoms with Crippen LogP contribution in [0, 0.1) is 11.8 Å². The summed E-state index contributed by atoms with van der Waals surface area (Å²) in [5.74, 6) is 5.60. The number of aliphatic hydroxyl groups excluding tert-OH is 2. The first-order chi connectivity index (χ1) is 14.2. The first kappa shape index (κ1) is 20.8. The van der Waals surface area contributed by atoms with Gasteiger partial charge in [0.15, 0.2) is 5.78 Å². The number of hydrogen-bond donors (Lipinski definition) is 3. The highest BCUT2D eigenvalue weighted by molar-refractivity contribution is 5.94. The van der Waals surface area contributed by atoms with Crippen molar-refractivity contribution in [2.75, 3.05) is 19.8 Å². The minimum absolute atomic E-state index is 0.120. The van der Waals surface area contributed by atoms with Crippen LogP contribution < -0.4 is 5.32 Å². The molecule has 0 aromatic heterocycles. The molecule has 0 saturated carbocycles. The van der Waals surface area contributed by atoms with Gasteiger partial charge in [0.05, 0.1) is 0 Å². The van der Waals surface area contributed by atoms with Crippen molar-refractivity contribution in [2.45, 2.75) is 19.4 Å². The molecule has 4 nitrogen and oxygen atoms in total. The second kappa shape index (κ2) is 10.5. The Kier molecular flexibility index (Phi) is 7.54. The average Bonchev–Trinajstić information content (AvgIpc) is 3.11. The summed E-state index contributed by atoms with van der Waals surface area (Å²) >= 11 is 0. The molecule has 4 heteroatoms. The number of aliphatic hydroxyl groups is 2. The van der Waals surface area contributed by atoms with E-state index in [1.54, 1.807) is 6.08 Å². The number of benzene rings is 2. The molecule has 3 N–H and O–H groups in total. The van der Waals surface area contributed by atoms with E-state index in [9.17, 15) is 4.79 Å². The molecule has 29 heavy (non-hydrogen) atoms. The Morgan fingerprint density at radius 1 is 1.10 bits per heavy atom. The molecule has 0 bridgehead atoms. The zero-order chi connectivity index (χ0) is 20.5. The summed E-state index contributed by atoms with van der Waals surface area (Å²) in [6, 6.07) is 16.4. The van der Waals surface area contributed by atoms with Crippen LogP contribution in [0.25, 0.3) is 11.6 Å². The van der Waals surface area contributed by atoms with E-state index >= 15 is 0 Å². The molecule has 0 unspecified atom stereocenters. The van der Waals surface area contributed by atoms with E-state index in [-0.39, 0.29) is 12.4 Å². The monoisotopic (exact) mass is 387 g/mol. The van der Waals surface area contributed by atoms with Crippen LogP contribution in [0.2, 0.25) is 0 Å². The summed E-state index contributed by atoms with van der Waals surface area (Å²) in [5, 5.41) is 21.2. The summed E-state index contributed by atoms with van der Waals surface area (Å²) in [5.41, 5.74) is 7.03. The van der Waals surface area contributed by atoms with Crippen LogP contribution in [0.4, 0.5) is 0 Å². The van der Waals surface area contributed by atoms with Crippen LogP contribution in [0.1, 0.15) is 28.7 Å². The Balaban J connectivity index is 1.55. The van der Waals surface area contributed by atoms with E-state index in [1.165, 1.54) is 22.8 Å². The maximum absolute atomic E-state index is 11.1. The number of ketones is 1. The largest absolute Gasteiger partial charge is 0.388 e. The third-order valence-corrected chi connectivity index (χ3v) is 4.87. The van der Waals surface area contributed by atoms with E-state index in [0.717, 1.165) is 42.6 Å². The Hall–Kier alpha value is -2.97. The highest BCUT2D eigenvalue weighted by Crippen LogP contribution is 2.34. The van der Waals surface area contributed by atoms with E-state index in [2.05, 4.69) is 41.4 Å². The van der Waals surface area contributed by atoms with Gasteiger partial charge in [-0.2, -0.15) is 0 Å². The number of nitrogens with one attached hydrogen (secondary N) is 1. The van der Waals surface area contributed by atoms with Crippen molar-refractivity contribution in [1.82, 2.24) is 5.32 Å². The zero-order valence-corrected chi connectivity index (χ0v) is 16.3. The molecule has 0 atom stereocenters. The van der Waals surface area contributed by atoms with Crippen LogP contribution in [0.5, 0.6) is 0 Å². The highest BCUT2D eigenvalue weighted by Gasteiger charge is 2.19. The summed E-state index contributed by atoms with van der Waals surface area (Å²) in [6.07, 6.45) is 4.81. The van der Waals surface area contributed by atoms with Gasteiger partial charge >= 0.3 is 0 Å². The number of hydrogen-bond acceptors (Lipinski definition) is 4. The molecule has 0 amide bonds. The molecule has 2 aromatic carbocycles. The molecule has 0 saturated heterocycles. The maximum Gasteiger partial charge on any atom is 0.181 e. The van der Waals surface area contributed by atoms with Crippen molar-refractivity contribution in [2.24, 2.45) is 0 Å². The standard InChI is InChI=1S/C25H25NO3/c27-15-3-5-22-16-21-4-1-2-6-24(21)25(22)13-14-26-17-20-9-7-19(8-10-20)11-12-23(29)18-28/h1-2,4,6-12,26-28H,13-18H2/b12-11+. The molecule has 0 fully saturated rings. The van der Waals surface area contributed by atoms with E-state index in [0.29, 0.717) is 0 Å². The molecule has 2 aromatic rings. The molecule has 0 heterocycles. The van der Waals surface area contributed by atoms with Gasteiger partial charge in [-0.25, -0.2) is 0 Å². The lowest BCUT2D eigenvalue weighted by molar-refractivity contribution is -0.117. The quantitative estimate of drug-likeness (QED) is 0.370. The topological polar surface area (TPSA) is 69.6 Å². The van der Waals surface area contributed by atoms with Crippen molar-refractivity contribution in [3.05, 3.63) is 82.4 Å². The second-order valence-electron chi connectivity index (χ2n) is 6.88. The lowest BCUT2D eigenvalue weighted by Crippen LogP contribution is -2.15. The fraction of sp³-hybridized carbons (Fsp3) is 0.240.